The molecule has 0 aliphatic carbocycles. The van der Waals surface area contributed by atoms with Crippen molar-refractivity contribution in [2.24, 2.45) is 11.5 Å². The van der Waals surface area contributed by atoms with Crippen molar-refractivity contribution in [2.75, 3.05) is 6.54 Å². The average Bonchev–Trinajstić information content (AvgIpc) is 2.35. The molecule has 0 aliphatic rings. The zero-order valence-corrected chi connectivity index (χ0v) is 12.0. The summed E-state index contributed by atoms with van der Waals surface area (Å²) >= 11 is 0. The number of hydrogen-bond acceptors (Lipinski definition) is 3. The Morgan fingerprint density at radius 1 is 1.38 bits per heavy atom. The zero-order valence-electron chi connectivity index (χ0n) is 12.0. The molecule has 0 bridgehead atoms. The van der Waals surface area contributed by atoms with Crippen molar-refractivity contribution in [3.05, 3.63) is 35.1 Å². The SMILES string of the molecule is CC(C)(CC(N)=O)NC(=O)c1cc(C#CCN)ccc1F. The molecule has 1 aromatic carbocycles. The number of benzene rings is 1. The van der Waals surface area contributed by atoms with E-state index in [1.807, 2.05) is 0 Å². The molecule has 0 radical (unpaired) electrons. The number of rotatable bonds is 4. The fraction of sp³-hybridized carbons (Fsp3) is 0.333. The van der Waals surface area contributed by atoms with Crippen LogP contribution in [0.25, 0.3) is 0 Å². The van der Waals surface area contributed by atoms with Gasteiger partial charge < -0.3 is 16.8 Å². The van der Waals surface area contributed by atoms with Gasteiger partial charge in [-0.05, 0) is 32.0 Å². The molecular weight excluding hydrogens is 273 g/mol. The maximum atomic E-state index is 13.8. The van der Waals surface area contributed by atoms with E-state index >= 15 is 0 Å². The number of hydrogen-bond donors (Lipinski definition) is 3. The van der Waals surface area contributed by atoms with E-state index in [-0.39, 0.29) is 18.5 Å². The summed E-state index contributed by atoms with van der Waals surface area (Å²) in [4.78, 5) is 23.1. The molecular formula is C15H18FN3O2. The molecule has 0 saturated heterocycles. The minimum Gasteiger partial charge on any atom is -0.370 e. The number of nitrogens with two attached hydrogens (primary N) is 2. The Morgan fingerprint density at radius 3 is 2.62 bits per heavy atom. The van der Waals surface area contributed by atoms with E-state index in [0.29, 0.717) is 5.56 Å². The van der Waals surface area contributed by atoms with Gasteiger partial charge in [-0.2, -0.15) is 0 Å². The van der Waals surface area contributed by atoms with Gasteiger partial charge in [0.1, 0.15) is 5.82 Å². The summed E-state index contributed by atoms with van der Waals surface area (Å²) < 4.78 is 13.8. The van der Waals surface area contributed by atoms with Crippen LogP contribution in [-0.2, 0) is 4.79 Å². The predicted octanol–water partition coefficient (Wildman–Crippen LogP) is 0.520. The van der Waals surface area contributed by atoms with Crippen LogP contribution < -0.4 is 16.8 Å². The van der Waals surface area contributed by atoms with E-state index < -0.39 is 23.2 Å². The lowest BCUT2D eigenvalue weighted by atomic mass is 9.99. The molecule has 1 aromatic rings. The Kier molecular flexibility index (Phi) is 5.44. The Balaban J connectivity index is 2.99. The fourth-order valence-electron chi connectivity index (χ4n) is 1.78. The fourth-order valence-corrected chi connectivity index (χ4v) is 1.78. The van der Waals surface area contributed by atoms with E-state index in [0.717, 1.165) is 6.07 Å². The van der Waals surface area contributed by atoms with Crippen molar-refractivity contribution in [1.29, 1.82) is 0 Å². The molecule has 0 aromatic heterocycles. The summed E-state index contributed by atoms with van der Waals surface area (Å²) in [6.07, 6.45) is -0.0486. The minimum absolute atomic E-state index is 0.0486. The van der Waals surface area contributed by atoms with Crippen molar-refractivity contribution < 1.29 is 14.0 Å². The molecule has 112 valence electrons. The first-order valence-electron chi connectivity index (χ1n) is 6.34. The first-order chi connectivity index (χ1) is 9.75. The van der Waals surface area contributed by atoms with Crippen molar-refractivity contribution in [3.63, 3.8) is 0 Å². The summed E-state index contributed by atoms with van der Waals surface area (Å²) in [6.45, 7) is 3.43. The molecule has 5 nitrogen and oxygen atoms in total. The number of carbonyl (C=O) groups excluding carboxylic acids is 2. The van der Waals surface area contributed by atoms with Crippen LogP contribution in [-0.4, -0.2) is 23.9 Å². The molecule has 0 spiro atoms. The van der Waals surface area contributed by atoms with Gasteiger partial charge in [0.2, 0.25) is 5.91 Å². The molecule has 0 aliphatic heterocycles. The Hall–Kier alpha value is -2.39. The topological polar surface area (TPSA) is 98.2 Å². The standard InChI is InChI=1S/C15H18FN3O2/c1-15(2,9-13(18)20)19-14(21)11-8-10(4-3-7-17)5-6-12(11)16/h5-6,8H,7,9,17H2,1-2H3,(H2,18,20)(H,19,21). The van der Waals surface area contributed by atoms with Crippen molar-refractivity contribution in [2.45, 2.75) is 25.8 Å². The molecule has 2 amide bonds. The van der Waals surface area contributed by atoms with Crippen molar-refractivity contribution >= 4 is 11.8 Å². The molecule has 5 N–H and O–H groups in total. The number of halogens is 1. The second-order valence-electron chi connectivity index (χ2n) is 5.18. The maximum Gasteiger partial charge on any atom is 0.254 e. The van der Waals surface area contributed by atoms with Crippen LogP contribution in [0.1, 0.15) is 36.2 Å². The lowest BCUT2D eigenvalue weighted by Gasteiger charge is -2.24. The molecule has 1 rings (SSSR count). The van der Waals surface area contributed by atoms with Crippen LogP contribution in [0, 0.1) is 17.7 Å². The summed E-state index contributed by atoms with van der Waals surface area (Å²) in [5, 5.41) is 2.58. The Morgan fingerprint density at radius 2 is 2.05 bits per heavy atom. The molecule has 0 unspecified atom stereocenters. The molecule has 6 heteroatoms. The maximum absolute atomic E-state index is 13.8. The first-order valence-corrected chi connectivity index (χ1v) is 6.34. The third kappa shape index (κ3) is 5.24. The van der Waals surface area contributed by atoms with Crippen LogP contribution in [0.4, 0.5) is 4.39 Å². The van der Waals surface area contributed by atoms with Crippen LogP contribution >= 0.6 is 0 Å². The lowest BCUT2D eigenvalue weighted by molar-refractivity contribution is -0.119. The van der Waals surface area contributed by atoms with E-state index in [9.17, 15) is 14.0 Å². The number of primary amides is 1. The normalized spacial score (nSPS) is 10.5. The monoisotopic (exact) mass is 291 g/mol. The van der Waals surface area contributed by atoms with Crippen LogP contribution in [0.2, 0.25) is 0 Å². The highest BCUT2D eigenvalue weighted by atomic mass is 19.1. The van der Waals surface area contributed by atoms with E-state index in [2.05, 4.69) is 17.2 Å². The second-order valence-corrected chi connectivity index (χ2v) is 5.18. The van der Waals surface area contributed by atoms with Gasteiger partial charge in [-0.25, -0.2) is 4.39 Å². The quantitative estimate of drug-likeness (QED) is 0.705. The molecule has 0 fully saturated rings. The number of carbonyl (C=O) groups is 2. The molecule has 0 atom stereocenters. The largest absolute Gasteiger partial charge is 0.370 e. The van der Waals surface area contributed by atoms with E-state index in [1.165, 1.54) is 12.1 Å². The van der Waals surface area contributed by atoms with Gasteiger partial charge in [-0.1, -0.05) is 11.8 Å². The first kappa shape index (κ1) is 16.7. The third-order valence-corrected chi connectivity index (χ3v) is 2.61. The van der Waals surface area contributed by atoms with Gasteiger partial charge in [-0.3, -0.25) is 9.59 Å². The lowest BCUT2D eigenvalue weighted by Crippen LogP contribution is -2.46. The van der Waals surface area contributed by atoms with Gasteiger partial charge >= 0.3 is 0 Å². The summed E-state index contributed by atoms with van der Waals surface area (Å²) in [6, 6.07) is 3.97. The van der Waals surface area contributed by atoms with Gasteiger partial charge in [0.05, 0.1) is 12.1 Å². The van der Waals surface area contributed by atoms with E-state index in [4.69, 9.17) is 11.5 Å². The highest BCUT2D eigenvalue weighted by Gasteiger charge is 2.24. The van der Waals surface area contributed by atoms with Gasteiger partial charge in [0.25, 0.3) is 5.91 Å². The highest BCUT2D eigenvalue weighted by molar-refractivity contribution is 5.95. The summed E-state index contributed by atoms with van der Waals surface area (Å²) in [7, 11) is 0. The third-order valence-electron chi connectivity index (χ3n) is 2.61. The minimum atomic E-state index is -0.867. The predicted molar refractivity (Wildman–Crippen MR) is 77.7 cm³/mol. The average molecular weight is 291 g/mol. The number of amides is 2. The zero-order chi connectivity index (χ0) is 16.0. The summed E-state index contributed by atoms with van der Waals surface area (Å²) in [5.41, 5.74) is 9.85. The number of nitrogens with one attached hydrogen (secondary N) is 1. The molecule has 21 heavy (non-hydrogen) atoms. The van der Waals surface area contributed by atoms with Crippen LogP contribution in [0.15, 0.2) is 18.2 Å². The second kappa shape index (κ2) is 6.86. The molecule has 0 saturated carbocycles. The molecule has 0 heterocycles. The van der Waals surface area contributed by atoms with Gasteiger partial charge in [0.15, 0.2) is 0 Å². The van der Waals surface area contributed by atoms with Crippen LogP contribution in [0.5, 0.6) is 0 Å². The smallest absolute Gasteiger partial charge is 0.254 e. The van der Waals surface area contributed by atoms with Crippen molar-refractivity contribution in [3.8, 4) is 11.8 Å². The van der Waals surface area contributed by atoms with Gasteiger partial charge in [0, 0.05) is 17.5 Å². The highest BCUT2D eigenvalue weighted by Crippen LogP contribution is 2.14. The van der Waals surface area contributed by atoms with Crippen molar-refractivity contribution in [1.82, 2.24) is 5.32 Å². The van der Waals surface area contributed by atoms with Gasteiger partial charge in [-0.15, -0.1) is 0 Å². The van der Waals surface area contributed by atoms with Crippen LogP contribution in [0.3, 0.4) is 0 Å². The Bertz CT molecular complexity index is 615. The Labute approximate surface area is 122 Å². The van der Waals surface area contributed by atoms with E-state index in [1.54, 1.807) is 13.8 Å². The summed E-state index contributed by atoms with van der Waals surface area (Å²) in [5.74, 6) is 3.51.